The molecule has 2 N–H and O–H groups in total. The fourth-order valence-electron chi connectivity index (χ4n) is 1.73. The highest BCUT2D eigenvalue weighted by atomic mass is 35.5. The van der Waals surface area contributed by atoms with Gasteiger partial charge in [0.1, 0.15) is 11.4 Å². The number of anilines is 2. The lowest BCUT2D eigenvalue weighted by atomic mass is 10.1. The number of nitrogens with one attached hydrogen (secondary N) is 1. The molecule has 0 heterocycles. The maximum absolute atomic E-state index is 13.2. The second kappa shape index (κ2) is 5.76. The Morgan fingerprint density at radius 2 is 1.95 bits per heavy atom. The molecule has 0 aliphatic carbocycles. The quantitative estimate of drug-likeness (QED) is 0.661. The van der Waals surface area contributed by atoms with Crippen LogP contribution in [0.15, 0.2) is 36.4 Å². The van der Waals surface area contributed by atoms with Gasteiger partial charge in [0, 0.05) is 22.5 Å². The lowest BCUT2D eigenvalue weighted by Gasteiger charge is -2.08. The van der Waals surface area contributed by atoms with E-state index in [9.17, 15) is 19.3 Å². The summed E-state index contributed by atoms with van der Waals surface area (Å²) in [6.45, 7) is 0. The zero-order chi connectivity index (χ0) is 15.6. The van der Waals surface area contributed by atoms with E-state index in [1.54, 1.807) is 0 Å². The van der Waals surface area contributed by atoms with Crippen LogP contribution in [0.3, 0.4) is 0 Å². The number of aromatic carboxylic acids is 1. The molecule has 0 amide bonds. The summed E-state index contributed by atoms with van der Waals surface area (Å²) in [6, 6.07) is 7.20. The van der Waals surface area contributed by atoms with Crippen molar-refractivity contribution in [3.05, 3.63) is 62.9 Å². The number of halogens is 2. The number of nitrogens with zero attached hydrogens (tertiary/aromatic N) is 1. The van der Waals surface area contributed by atoms with Crippen LogP contribution in [0.5, 0.6) is 0 Å². The first kappa shape index (κ1) is 14.7. The minimum absolute atomic E-state index is 0.161. The zero-order valence-electron chi connectivity index (χ0n) is 10.3. The monoisotopic (exact) mass is 310 g/mol. The molecule has 2 aromatic rings. The summed E-state index contributed by atoms with van der Waals surface area (Å²) in [5.41, 5.74) is -0.455. The van der Waals surface area contributed by atoms with Crippen molar-refractivity contribution in [3.8, 4) is 0 Å². The van der Waals surface area contributed by atoms with Gasteiger partial charge in [-0.1, -0.05) is 11.6 Å². The molecule has 0 aromatic heterocycles. The lowest BCUT2D eigenvalue weighted by Crippen LogP contribution is -2.03. The van der Waals surface area contributed by atoms with Gasteiger partial charge in [0.15, 0.2) is 0 Å². The molecule has 8 heteroatoms. The number of hydrogen-bond donors (Lipinski definition) is 2. The minimum atomic E-state index is -1.40. The van der Waals surface area contributed by atoms with E-state index in [-0.39, 0.29) is 16.4 Å². The Morgan fingerprint density at radius 3 is 2.52 bits per heavy atom. The number of rotatable bonds is 4. The molecule has 6 nitrogen and oxygen atoms in total. The molecule has 0 aliphatic rings. The van der Waals surface area contributed by atoms with Crippen LogP contribution < -0.4 is 5.32 Å². The van der Waals surface area contributed by atoms with Gasteiger partial charge in [0.2, 0.25) is 0 Å². The van der Waals surface area contributed by atoms with Crippen LogP contribution in [-0.4, -0.2) is 16.0 Å². The Kier molecular flexibility index (Phi) is 4.04. The molecule has 0 unspecified atom stereocenters. The lowest BCUT2D eigenvalue weighted by molar-refractivity contribution is -0.385. The minimum Gasteiger partial charge on any atom is -0.477 e. The Morgan fingerprint density at radius 1 is 1.24 bits per heavy atom. The van der Waals surface area contributed by atoms with Gasteiger partial charge in [-0.2, -0.15) is 0 Å². The average molecular weight is 311 g/mol. The van der Waals surface area contributed by atoms with Gasteiger partial charge >= 0.3 is 5.97 Å². The summed E-state index contributed by atoms with van der Waals surface area (Å²) in [4.78, 5) is 21.0. The molecule has 0 saturated heterocycles. The first-order valence-corrected chi connectivity index (χ1v) is 5.99. The van der Waals surface area contributed by atoms with Crippen molar-refractivity contribution in [1.82, 2.24) is 0 Å². The van der Waals surface area contributed by atoms with E-state index >= 15 is 0 Å². The van der Waals surface area contributed by atoms with Crippen LogP contribution >= 0.6 is 11.6 Å². The number of carboxylic acid groups (broad SMARTS) is 1. The van der Waals surface area contributed by atoms with Gasteiger partial charge in [0.25, 0.3) is 5.69 Å². The van der Waals surface area contributed by atoms with Crippen molar-refractivity contribution in [1.29, 1.82) is 0 Å². The van der Waals surface area contributed by atoms with Crippen molar-refractivity contribution >= 4 is 34.6 Å². The number of hydrogen-bond acceptors (Lipinski definition) is 4. The largest absolute Gasteiger partial charge is 0.477 e. The number of carboxylic acids is 1. The maximum Gasteiger partial charge on any atom is 0.342 e. The van der Waals surface area contributed by atoms with Crippen LogP contribution in [0.2, 0.25) is 5.02 Å². The highest BCUT2D eigenvalue weighted by molar-refractivity contribution is 6.30. The molecule has 0 bridgehead atoms. The first-order chi connectivity index (χ1) is 9.86. The van der Waals surface area contributed by atoms with Crippen molar-refractivity contribution in [2.45, 2.75) is 0 Å². The maximum atomic E-state index is 13.2. The summed E-state index contributed by atoms with van der Waals surface area (Å²) in [6.07, 6.45) is 0. The second-order valence-electron chi connectivity index (χ2n) is 4.08. The summed E-state index contributed by atoms with van der Waals surface area (Å²) < 4.78 is 13.2. The fourth-order valence-corrected chi connectivity index (χ4v) is 1.96. The molecular weight excluding hydrogens is 303 g/mol. The number of nitro groups is 1. The summed E-state index contributed by atoms with van der Waals surface area (Å²) in [5, 5.41) is 22.6. The zero-order valence-corrected chi connectivity index (χ0v) is 11.1. The van der Waals surface area contributed by atoms with Gasteiger partial charge < -0.3 is 10.4 Å². The standard InChI is InChI=1S/C13H8ClFN2O4/c14-7-3-8(15)5-10(4-7)16-9-1-2-11(13(18)19)12(6-9)17(20)21/h1-6,16H,(H,18,19). The Labute approximate surface area is 122 Å². The summed E-state index contributed by atoms with van der Waals surface area (Å²) in [5.74, 6) is -1.97. The topological polar surface area (TPSA) is 92.5 Å². The van der Waals surface area contributed by atoms with Gasteiger partial charge in [-0.25, -0.2) is 9.18 Å². The third-order valence-corrected chi connectivity index (χ3v) is 2.79. The number of carbonyl (C=O) groups is 1. The van der Waals surface area contributed by atoms with E-state index in [4.69, 9.17) is 16.7 Å². The third-order valence-electron chi connectivity index (χ3n) is 2.58. The van der Waals surface area contributed by atoms with Crippen molar-refractivity contribution in [2.75, 3.05) is 5.32 Å². The molecule has 0 atom stereocenters. The van der Waals surface area contributed by atoms with Crippen molar-refractivity contribution in [2.24, 2.45) is 0 Å². The van der Waals surface area contributed by atoms with E-state index in [1.165, 1.54) is 12.1 Å². The highest BCUT2D eigenvalue weighted by Gasteiger charge is 2.20. The van der Waals surface area contributed by atoms with Crippen LogP contribution in [0.4, 0.5) is 21.5 Å². The molecular formula is C13H8ClFN2O4. The molecule has 2 aromatic carbocycles. The smallest absolute Gasteiger partial charge is 0.342 e. The third kappa shape index (κ3) is 3.46. The molecule has 0 aliphatic heterocycles. The number of benzene rings is 2. The summed E-state index contributed by atoms with van der Waals surface area (Å²) >= 11 is 5.70. The molecule has 2 rings (SSSR count). The van der Waals surface area contributed by atoms with Gasteiger partial charge in [-0.3, -0.25) is 10.1 Å². The second-order valence-corrected chi connectivity index (χ2v) is 4.51. The van der Waals surface area contributed by atoms with E-state index in [1.807, 2.05) is 0 Å². The molecule has 108 valence electrons. The van der Waals surface area contributed by atoms with E-state index in [0.29, 0.717) is 0 Å². The number of nitro benzene ring substituents is 1. The Balaban J connectivity index is 2.39. The van der Waals surface area contributed by atoms with Crippen LogP contribution in [-0.2, 0) is 0 Å². The van der Waals surface area contributed by atoms with Crippen LogP contribution in [0.25, 0.3) is 0 Å². The molecule has 0 radical (unpaired) electrons. The normalized spacial score (nSPS) is 10.2. The molecule has 0 saturated carbocycles. The van der Waals surface area contributed by atoms with E-state index in [2.05, 4.69) is 5.32 Å². The highest BCUT2D eigenvalue weighted by Crippen LogP contribution is 2.27. The van der Waals surface area contributed by atoms with Crippen molar-refractivity contribution in [3.63, 3.8) is 0 Å². The van der Waals surface area contributed by atoms with Crippen molar-refractivity contribution < 1.29 is 19.2 Å². The van der Waals surface area contributed by atoms with E-state index in [0.717, 1.165) is 24.3 Å². The Bertz CT molecular complexity index is 716. The van der Waals surface area contributed by atoms with Gasteiger partial charge in [-0.15, -0.1) is 0 Å². The van der Waals surface area contributed by atoms with Crippen LogP contribution in [0.1, 0.15) is 10.4 Å². The van der Waals surface area contributed by atoms with Crippen LogP contribution in [0, 0.1) is 15.9 Å². The van der Waals surface area contributed by atoms with Gasteiger partial charge in [-0.05, 0) is 30.3 Å². The first-order valence-electron chi connectivity index (χ1n) is 5.61. The molecule has 0 fully saturated rings. The van der Waals surface area contributed by atoms with Gasteiger partial charge in [0.05, 0.1) is 4.92 Å². The van der Waals surface area contributed by atoms with E-state index < -0.39 is 28.0 Å². The Hall–Kier alpha value is -2.67. The predicted molar refractivity (Wildman–Crippen MR) is 74.7 cm³/mol. The predicted octanol–water partition coefficient (Wildman–Crippen LogP) is 3.83. The molecule has 0 spiro atoms. The summed E-state index contributed by atoms with van der Waals surface area (Å²) in [7, 11) is 0. The average Bonchev–Trinajstić information content (AvgIpc) is 2.36. The fraction of sp³-hybridized carbons (Fsp3) is 0. The molecule has 21 heavy (non-hydrogen) atoms. The SMILES string of the molecule is O=C(O)c1ccc(Nc2cc(F)cc(Cl)c2)cc1[N+](=O)[O-].